The van der Waals surface area contributed by atoms with Crippen LogP contribution in [0.1, 0.15) is 149 Å². The number of aliphatic carboxylic acids is 4. The number of hydrogen-bond acceptors (Lipinski definition) is 24. The van der Waals surface area contributed by atoms with Gasteiger partial charge in [0.25, 0.3) is 0 Å². The Morgan fingerprint density at radius 3 is 1.24 bits per heavy atom. The van der Waals surface area contributed by atoms with Gasteiger partial charge in [0.15, 0.2) is 5.96 Å². The molecule has 3 rings (SSSR count). The summed E-state index contributed by atoms with van der Waals surface area (Å²) in [5, 5.41) is 101. The van der Waals surface area contributed by atoms with Crippen LogP contribution in [-0.2, 0) is 109 Å². The predicted octanol–water partition coefficient (Wildman–Crippen LogP) is -7.71. The number of primary amides is 2. The van der Waals surface area contributed by atoms with Gasteiger partial charge in [0.1, 0.15) is 78.5 Å². The standard InChI is InChI=1S/C77H116N20O26/c1-37(2)30-48(85-57(102)36-84-64(110)45(24-27-58(103)104)87-65(111)46(22-25-55(79)100)88-70(116)50(32-42-16-10-8-11-17-42)92-73(119)54-21-15-29-97(54)75(121)62(41(7)99)96-63(109)39(5)78)68(114)86-44(20-14-28-83-77(81)82)67(113)95-61(40(6)98)74(120)93-51(33-43-18-12-9-13-19-43)71(117)91-52(34-59(105)106)72(118)89-47(23-26-56(80)101)66(112)90-49(31-38(3)4)69(115)94-53(76(122)123)35-60(107)108/h8-13,16-19,37-41,44-54,61-62,98-99H,14-15,20-36,78H2,1-7H3,(H2,79,100)(H2,80,101)(H,84,110)(H,85,102)(H,86,114)(H,87,111)(H,88,116)(H,89,118)(H,90,112)(H,91,117)(H,92,119)(H,93,120)(H,94,115)(H,95,113)(H,96,109)(H,103,104)(H,105,106)(H,107,108)(H,122,123)(H4,81,82,83)/t39-,40+,41+,44-,45-,46-,47-,48-,49-,50-,51-,52-,53-,54-,61-,62-/m0/s1. The SMILES string of the molecule is CC(C)C[C@H](NC(=O)CNC(=O)[C@H](CCC(=O)O)NC(=O)[C@H](CCC(N)=O)NC(=O)[C@H](Cc1ccccc1)NC(=O)[C@@H]1CCCN1C(=O)[C@@H](NC(=O)[C@H](C)N)[C@@H](C)O)C(=O)N[C@@H](CCCNC(=N)N)C(=O)N[C@H](C(=O)N[C@@H](Cc1ccccc1)C(=O)N[C@@H](CC(=O)O)C(=O)N[C@@H](CCC(N)=O)C(=O)N[C@@H](CC(C)C)C(=O)N[C@@H](CC(=O)O)C(=O)O)[C@@H](C)O. The zero-order valence-corrected chi connectivity index (χ0v) is 69.2. The minimum Gasteiger partial charge on any atom is -0.481 e. The molecule has 1 heterocycles. The van der Waals surface area contributed by atoms with Gasteiger partial charge in [-0.2, -0.15) is 0 Å². The number of amides is 16. The van der Waals surface area contributed by atoms with Gasteiger partial charge >= 0.3 is 23.9 Å². The number of aliphatic hydroxyl groups excluding tert-OH is 2. The minimum absolute atomic E-state index is 0.000151. The molecule has 0 bridgehead atoms. The number of aliphatic hydroxyl groups is 2. The Hall–Kier alpha value is -13.0. The fraction of sp³-hybridized carbons (Fsp3) is 0.571. The summed E-state index contributed by atoms with van der Waals surface area (Å²) >= 11 is 0. The van der Waals surface area contributed by atoms with Crippen LogP contribution in [0.4, 0.5) is 0 Å². The normalized spacial score (nSPS) is 16.0. The monoisotopic (exact) mass is 1740 g/mol. The molecule has 46 heteroatoms. The fourth-order valence-corrected chi connectivity index (χ4v) is 12.5. The smallest absolute Gasteiger partial charge is 0.326 e. The summed E-state index contributed by atoms with van der Waals surface area (Å²) in [4.78, 5) is 270. The van der Waals surface area contributed by atoms with Crippen molar-refractivity contribution in [3.05, 3.63) is 71.8 Å². The number of guanidine groups is 1. The maximum Gasteiger partial charge on any atom is 0.326 e. The number of benzene rings is 2. The summed E-state index contributed by atoms with van der Waals surface area (Å²) in [6.45, 7) is 9.02. The van der Waals surface area contributed by atoms with Crippen molar-refractivity contribution < 1.29 is 127 Å². The van der Waals surface area contributed by atoms with Gasteiger partial charge in [-0.3, -0.25) is 96.5 Å². The molecule has 0 aliphatic carbocycles. The molecule has 46 nitrogen and oxygen atoms in total. The van der Waals surface area contributed by atoms with Crippen molar-refractivity contribution in [1.82, 2.24) is 79.3 Å². The lowest BCUT2D eigenvalue weighted by Gasteiger charge is -2.31. The molecule has 0 unspecified atom stereocenters. The summed E-state index contributed by atoms with van der Waals surface area (Å²) in [5.41, 5.74) is 22.8. The maximum atomic E-state index is 14.6. The third kappa shape index (κ3) is 38.5. The summed E-state index contributed by atoms with van der Waals surface area (Å²) in [6.07, 6.45) is -10.6. The lowest BCUT2D eigenvalue weighted by molar-refractivity contribution is -0.147. The largest absolute Gasteiger partial charge is 0.481 e. The summed E-state index contributed by atoms with van der Waals surface area (Å²) < 4.78 is 0. The van der Waals surface area contributed by atoms with Crippen molar-refractivity contribution in [3.8, 4) is 0 Å². The number of carbonyl (C=O) groups is 20. The number of hydrogen-bond donors (Lipinski definition) is 25. The molecule has 1 fully saturated rings. The van der Waals surface area contributed by atoms with Gasteiger partial charge in [-0.15, -0.1) is 0 Å². The van der Waals surface area contributed by atoms with Crippen LogP contribution in [-0.4, -0.2) is 276 Å². The van der Waals surface area contributed by atoms with E-state index in [-0.39, 0.29) is 58.0 Å². The Kier molecular flexibility index (Phi) is 44.2. The highest BCUT2D eigenvalue weighted by molar-refractivity contribution is 6.01. The van der Waals surface area contributed by atoms with Crippen LogP contribution in [0.15, 0.2) is 60.7 Å². The van der Waals surface area contributed by atoms with Crippen molar-refractivity contribution in [3.63, 3.8) is 0 Å². The average molecular weight is 1740 g/mol. The third-order valence-electron chi connectivity index (χ3n) is 18.8. The Morgan fingerprint density at radius 1 is 0.423 bits per heavy atom. The van der Waals surface area contributed by atoms with E-state index in [9.17, 15) is 127 Å². The second kappa shape index (κ2) is 52.2. The quantitative estimate of drug-likeness (QED) is 0.0166. The van der Waals surface area contributed by atoms with E-state index in [1.54, 1.807) is 64.1 Å². The molecule has 0 spiro atoms. The van der Waals surface area contributed by atoms with Crippen LogP contribution in [0.3, 0.4) is 0 Å². The first-order valence-electron chi connectivity index (χ1n) is 39.6. The summed E-state index contributed by atoms with van der Waals surface area (Å²) in [6, 6.07) is -7.89. The van der Waals surface area contributed by atoms with E-state index >= 15 is 0 Å². The second-order valence-corrected chi connectivity index (χ2v) is 30.4. The molecule has 1 saturated heterocycles. The molecule has 0 saturated carbocycles. The molecule has 1 aliphatic rings. The Bertz CT molecular complexity index is 4060. The molecule has 123 heavy (non-hydrogen) atoms. The summed E-state index contributed by atoms with van der Waals surface area (Å²) in [7, 11) is 0. The van der Waals surface area contributed by atoms with E-state index in [2.05, 4.69) is 69.1 Å². The van der Waals surface area contributed by atoms with Crippen LogP contribution >= 0.6 is 0 Å². The number of carboxylic acids is 4. The zero-order chi connectivity index (χ0) is 92.7. The topological polar surface area (TPSA) is 762 Å². The molecule has 680 valence electrons. The van der Waals surface area contributed by atoms with Crippen molar-refractivity contribution in [1.29, 1.82) is 5.41 Å². The molecule has 16 atom stereocenters. The molecule has 16 amide bonds. The molecular formula is C77H116N20O26. The first-order valence-corrected chi connectivity index (χ1v) is 39.6. The highest BCUT2D eigenvalue weighted by atomic mass is 16.4. The molecule has 0 radical (unpaired) electrons. The average Bonchev–Trinajstić information content (AvgIpc) is 1.70. The molecule has 2 aromatic carbocycles. The number of rotatable bonds is 55. The third-order valence-corrected chi connectivity index (χ3v) is 18.8. The first-order chi connectivity index (χ1) is 57.7. The lowest BCUT2D eigenvalue weighted by Crippen LogP contribution is -2.62. The van der Waals surface area contributed by atoms with Gasteiger partial charge < -0.3 is 133 Å². The maximum absolute atomic E-state index is 14.6. The van der Waals surface area contributed by atoms with Gasteiger partial charge in [0, 0.05) is 45.2 Å². The van der Waals surface area contributed by atoms with Crippen LogP contribution in [0.5, 0.6) is 0 Å². The zero-order valence-electron chi connectivity index (χ0n) is 69.2. The van der Waals surface area contributed by atoms with E-state index in [0.717, 1.165) is 11.8 Å². The minimum atomic E-state index is -2.14. The second-order valence-electron chi connectivity index (χ2n) is 30.4. The molecule has 2 aromatic rings. The number of likely N-dealkylation sites (tertiary alicyclic amines) is 1. The van der Waals surface area contributed by atoms with Gasteiger partial charge in [-0.05, 0) is 102 Å². The van der Waals surface area contributed by atoms with Crippen molar-refractivity contribution in [2.45, 2.75) is 248 Å². The van der Waals surface area contributed by atoms with E-state index in [1.165, 1.54) is 38.1 Å². The van der Waals surface area contributed by atoms with Crippen LogP contribution in [0.2, 0.25) is 0 Å². The van der Waals surface area contributed by atoms with E-state index < -0.39 is 297 Å². The lowest BCUT2D eigenvalue weighted by atomic mass is 10.0. The highest BCUT2D eigenvalue weighted by Crippen LogP contribution is 2.21. The van der Waals surface area contributed by atoms with Crippen LogP contribution in [0, 0.1) is 17.2 Å². The van der Waals surface area contributed by atoms with Gasteiger partial charge in [0.05, 0.1) is 37.6 Å². The van der Waals surface area contributed by atoms with E-state index in [4.69, 9.17) is 28.3 Å². The fourth-order valence-electron chi connectivity index (χ4n) is 12.5. The predicted molar refractivity (Wildman–Crippen MR) is 432 cm³/mol. The Morgan fingerprint density at radius 2 is 0.805 bits per heavy atom. The van der Waals surface area contributed by atoms with Gasteiger partial charge in [-0.25, -0.2) is 4.79 Å². The Balaban J connectivity index is 1.95. The van der Waals surface area contributed by atoms with Crippen molar-refractivity contribution in [2.75, 3.05) is 19.6 Å². The van der Waals surface area contributed by atoms with E-state index in [1.807, 2.05) is 5.32 Å². The van der Waals surface area contributed by atoms with Gasteiger partial charge in [0.2, 0.25) is 94.5 Å². The number of nitrogens with zero attached hydrogens (tertiary/aromatic N) is 1. The number of carbonyl (C=O) groups excluding carboxylic acids is 16. The first kappa shape index (κ1) is 104. The van der Waals surface area contributed by atoms with Crippen molar-refractivity contribution >= 4 is 124 Å². The number of carboxylic acid groups (broad SMARTS) is 4. The number of nitrogens with one attached hydrogen (secondary N) is 15. The molecular weight excluding hydrogens is 1620 g/mol. The molecule has 29 N–H and O–H groups in total. The van der Waals surface area contributed by atoms with Gasteiger partial charge in [-0.1, -0.05) is 88.4 Å². The van der Waals surface area contributed by atoms with Crippen LogP contribution < -0.4 is 97.4 Å². The molecule has 1 aliphatic heterocycles. The highest BCUT2D eigenvalue weighted by Gasteiger charge is 2.43. The van der Waals surface area contributed by atoms with E-state index in [0.29, 0.717) is 11.1 Å². The van der Waals surface area contributed by atoms with Crippen LogP contribution in [0.25, 0.3) is 0 Å². The van der Waals surface area contributed by atoms with Crippen molar-refractivity contribution in [2.24, 2.45) is 34.8 Å². The molecule has 0 aromatic heterocycles. The Labute approximate surface area is 707 Å². The summed E-state index contributed by atoms with van der Waals surface area (Å²) in [5.74, 6) is -25.4. The number of nitrogens with two attached hydrogens (primary N) is 4.